The third-order valence-electron chi connectivity index (χ3n) is 3.85. The van der Waals surface area contributed by atoms with E-state index in [0.717, 1.165) is 18.5 Å². The van der Waals surface area contributed by atoms with Gasteiger partial charge in [0.25, 0.3) is 0 Å². The molecule has 0 aliphatic carbocycles. The van der Waals surface area contributed by atoms with Crippen LogP contribution in [0.25, 0.3) is 0 Å². The lowest BCUT2D eigenvalue weighted by atomic mass is 10.2. The van der Waals surface area contributed by atoms with Gasteiger partial charge in [-0.05, 0) is 25.0 Å². The van der Waals surface area contributed by atoms with Crippen LogP contribution in [0.5, 0.6) is 0 Å². The van der Waals surface area contributed by atoms with Gasteiger partial charge in [0.15, 0.2) is 0 Å². The Balaban J connectivity index is 2.16. The number of hydrogen-bond acceptors (Lipinski definition) is 4. The summed E-state index contributed by atoms with van der Waals surface area (Å²) in [5.74, 6) is -0.00334. The zero-order valence-electron chi connectivity index (χ0n) is 11.5. The summed E-state index contributed by atoms with van der Waals surface area (Å²) >= 11 is 0. The van der Waals surface area contributed by atoms with Gasteiger partial charge in [-0.3, -0.25) is 14.7 Å². The minimum atomic E-state index is -0.449. The number of pyridine rings is 1. The molecule has 0 aromatic carbocycles. The molecule has 19 heavy (non-hydrogen) atoms. The fraction of sp³-hybridized carbons (Fsp3) is 0.571. The van der Waals surface area contributed by atoms with E-state index in [9.17, 15) is 9.90 Å². The molecular formula is C14H21N3O2. The summed E-state index contributed by atoms with van der Waals surface area (Å²) < 4.78 is 0. The van der Waals surface area contributed by atoms with Crippen LogP contribution < -0.4 is 0 Å². The first kappa shape index (κ1) is 14.0. The molecule has 1 aromatic heterocycles. The zero-order chi connectivity index (χ0) is 13.8. The lowest BCUT2D eigenvalue weighted by molar-refractivity contribution is -0.137. The number of aliphatic hydroxyl groups excluding tert-OH is 1. The number of aliphatic hydroxyl groups is 1. The Kier molecular flexibility index (Phi) is 4.50. The second-order valence-electron chi connectivity index (χ2n) is 5.12. The van der Waals surface area contributed by atoms with Crippen molar-refractivity contribution >= 4 is 5.91 Å². The van der Waals surface area contributed by atoms with Crippen molar-refractivity contribution in [2.75, 3.05) is 20.2 Å². The van der Waals surface area contributed by atoms with Gasteiger partial charge in [0.05, 0.1) is 6.61 Å². The number of amides is 1. The van der Waals surface area contributed by atoms with Crippen molar-refractivity contribution in [2.45, 2.75) is 32.0 Å². The van der Waals surface area contributed by atoms with Gasteiger partial charge in [-0.15, -0.1) is 0 Å². The topological polar surface area (TPSA) is 56.7 Å². The van der Waals surface area contributed by atoms with Crippen LogP contribution >= 0.6 is 0 Å². The summed E-state index contributed by atoms with van der Waals surface area (Å²) in [5, 5.41) is 9.53. The first-order chi connectivity index (χ1) is 9.13. The van der Waals surface area contributed by atoms with E-state index in [-0.39, 0.29) is 18.6 Å². The maximum Gasteiger partial charge on any atom is 0.242 e. The number of hydrogen-bond donors (Lipinski definition) is 1. The molecule has 2 heterocycles. The maximum atomic E-state index is 12.3. The van der Waals surface area contributed by atoms with Gasteiger partial charge in [0, 0.05) is 38.6 Å². The molecule has 0 radical (unpaired) electrons. The quantitative estimate of drug-likeness (QED) is 0.862. The number of rotatable bonds is 3. The molecular weight excluding hydrogens is 242 g/mol. The van der Waals surface area contributed by atoms with Crippen molar-refractivity contribution in [3.05, 3.63) is 30.1 Å². The highest BCUT2D eigenvalue weighted by Gasteiger charge is 2.33. The van der Waals surface area contributed by atoms with Gasteiger partial charge in [-0.1, -0.05) is 6.07 Å². The van der Waals surface area contributed by atoms with Gasteiger partial charge >= 0.3 is 0 Å². The van der Waals surface area contributed by atoms with Crippen LogP contribution in [0.15, 0.2) is 24.5 Å². The molecule has 1 aliphatic rings. The Hall–Kier alpha value is -1.46. The minimum absolute atomic E-state index is 0.00334. The molecule has 5 nitrogen and oxygen atoms in total. The third kappa shape index (κ3) is 3.11. The third-order valence-corrected chi connectivity index (χ3v) is 3.85. The van der Waals surface area contributed by atoms with Crippen LogP contribution in [0.2, 0.25) is 0 Å². The van der Waals surface area contributed by atoms with E-state index in [2.05, 4.69) is 4.98 Å². The number of carbonyl (C=O) groups excluding carboxylic acids is 1. The first-order valence-corrected chi connectivity index (χ1v) is 6.64. The Morgan fingerprint density at radius 2 is 2.32 bits per heavy atom. The standard InChI is InChI=1S/C14H21N3O2/c1-11-5-7-17(9-12-4-3-6-15-8-12)13(10-18)14(19)16(11)2/h3-4,6,8,11,13,18H,5,7,9-10H2,1-2H3. The van der Waals surface area contributed by atoms with E-state index in [1.165, 1.54) is 0 Å². The van der Waals surface area contributed by atoms with Crippen LogP contribution in [0.4, 0.5) is 0 Å². The Labute approximate surface area is 113 Å². The highest BCUT2D eigenvalue weighted by Crippen LogP contribution is 2.17. The molecule has 1 aliphatic heterocycles. The monoisotopic (exact) mass is 263 g/mol. The van der Waals surface area contributed by atoms with Crippen molar-refractivity contribution in [1.82, 2.24) is 14.8 Å². The molecule has 1 aromatic rings. The molecule has 0 bridgehead atoms. The van der Waals surface area contributed by atoms with Gasteiger partial charge in [0.2, 0.25) is 5.91 Å². The van der Waals surface area contributed by atoms with Gasteiger partial charge < -0.3 is 10.0 Å². The smallest absolute Gasteiger partial charge is 0.242 e. The lowest BCUT2D eigenvalue weighted by Gasteiger charge is -2.28. The Morgan fingerprint density at radius 1 is 1.53 bits per heavy atom. The molecule has 1 N–H and O–H groups in total. The second-order valence-corrected chi connectivity index (χ2v) is 5.12. The van der Waals surface area contributed by atoms with Crippen LogP contribution in [0.1, 0.15) is 18.9 Å². The molecule has 104 valence electrons. The van der Waals surface area contributed by atoms with Crippen LogP contribution in [0, 0.1) is 0 Å². The highest BCUT2D eigenvalue weighted by atomic mass is 16.3. The zero-order valence-corrected chi connectivity index (χ0v) is 11.5. The van der Waals surface area contributed by atoms with E-state index in [1.807, 2.05) is 31.0 Å². The van der Waals surface area contributed by atoms with E-state index < -0.39 is 6.04 Å². The number of nitrogens with zero attached hydrogens (tertiary/aromatic N) is 3. The van der Waals surface area contributed by atoms with Gasteiger partial charge in [-0.25, -0.2) is 0 Å². The molecule has 2 rings (SSSR count). The number of likely N-dealkylation sites (N-methyl/N-ethyl adjacent to an activating group) is 1. The highest BCUT2D eigenvalue weighted by molar-refractivity contribution is 5.82. The number of carbonyl (C=O) groups is 1. The van der Waals surface area contributed by atoms with Crippen molar-refractivity contribution in [3.63, 3.8) is 0 Å². The summed E-state index contributed by atoms with van der Waals surface area (Å²) in [4.78, 5) is 20.2. The van der Waals surface area contributed by atoms with Crippen molar-refractivity contribution in [3.8, 4) is 0 Å². The van der Waals surface area contributed by atoms with Crippen molar-refractivity contribution < 1.29 is 9.90 Å². The van der Waals surface area contributed by atoms with Gasteiger partial charge in [-0.2, -0.15) is 0 Å². The van der Waals surface area contributed by atoms with Crippen LogP contribution in [0.3, 0.4) is 0 Å². The van der Waals surface area contributed by atoms with Crippen LogP contribution in [-0.2, 0) is 11.3 Å². The summed E-state index contributed by atoms with van der Waals surface area (Å²) in [6.45, 7) is 3.35. The van der Waals surface area contributed by atoms with Gasteiger partial charge in [0.1, 0.15) is 6.04 Å². The molecule has 5 heteroatoms. The molecule has 2 atom stereocenters. The summed E-state index contributed by atoms with van der Waals surface area (Å²) in [5.41, 5.74) is 1.06. The van der Waals surface area contributed by atoms with Crippen molar-refractivity contribution in [1.29, 1.82) is 0 Å². The predicted molar refractivity (Wildman–Crippen MR) is 72.4 cm³/mol. The van der Waals surface area contributed by atoms with E-state index >= 15 is 0 Å². The molecule has 0 spiro atoms. The predicted octanol–water partition coefficient (Wildman–Crippen LogP) is 0.495. The average molecular weight is 263 g/mol. The largest absolute Gasteiger partial charge is 0.394 e. The van der Waals surface area contributed by atoms with Crippen LogP contribution in [-0.4, -0.2) is 58.1 Å². The fourth-order valence-corrected chi connectivity index (χ4v) is 2.42. The summed E-state index contributed by atoms with van der Waals surface area (Å²) in [7, 11) is 1.81. The Morgan fingerprint density at radius 3 is 2.95 bits per heavy atom. The summed E-state index contributed by atoms with van der Waals surface area (Å²) in [6, 6.07) is 3.64. The maximum absolute atomic E-state index is 12.3. The first-order valence-electron chi connectivity index (χ1n) is 6.64. The van der Waals surface area contributed by atoms with Crippen molar-refractivity contribution in [2.24, 2.45) is 0 Å². The molecule has 0 saturated carbocycles. The normalized spacial score (nSPS) is 25.4. The SMILES string of the molecule is CC1CCN(Cc2cccnc2)C(CO)C(=O)N1C. The fourth-order valence-electron chi connectivity index (χ4n) is 2.42. The average Bonchev–Trinajstić information content (AvgIpc) is 2.53. The van der Waals surface area contributed by atoms with E-state index in [4.69, 9.17) is 0 Å². The molecule has 2 unspecified atom stereocenters. The Bertz CT molecular complexity index is 424. The summed E-state index contributed by atoms with van der Waals surface area (Å²) in [6.07, 6.45) is 4.45. The second kappa shape index (κ2) is 6.12. The van der Waals surface area contributed by atoms with E-state index in [1.54, 1.807) is 17.3 Å². The number of aromatic nitrogens is 1. The lowest BCUT2D eigenvalue weighted by Crippen LogP contribution is -2.47. The molecule has 1 amide bonds. The minimum Gasteiger partial charge on any atom is -0.394 e. The van der Waals surface area contributed by atoms with E-state index in [0.29, 0.717) is 6.54 Å². The molecule has 1 saturated heterocycles. The molecule has 1 fully saturated rings.